The van der Waals surface area contributed by atoms with Gasteiger partial charge in [-0.25, -0.2) is 8.78 Å². The average molecular weight is 253 g/mol. The first-order valence-corrected chi connectivity index (χ1v) is 5.36. The summed E-state index contributed by atoms with van der Waals surface area (Å²) in [7, 11) is 0. The van der Waals surface area contributed by atoms with Gasteiger partial charge >= 0.3 is 0 Å². The highest BCUT2D eigenvalue weighted by Crippen LogP contribution is 2.20. The second kappa shape index (κ2) is 5.96. The van der Waals surface area contributed by atoms with E-state index in [0.717, 1.165) is 12.1 Å². The molecule has 1 aromatic carbocycles. The maximum Gasteiger partial charge on any atom is 0.239 e. The molecule has 1 rings (SSSR count). The van der Waals surface area contributed by atoms with Crippen LogP contribution in [0.5, 0.6) is 0 Å². The maximum atomic E-state index is 13.4. The number of amides is 1. The minimum atomic E-state index is -0.899. The molecule has 0 bridgehead atoms. The van der Waals surface area contributed by atoms with Crippen molar-refractivity contribution in [3.05, 3.63) is 29.3 Å². The summed E-state index contributed by atoms with van der Waals surface area (Å²) in [6.45, 7) is 3.32. The minimum absolute atomic E-state index is 0.0463. The molecule has 6 heteroatoms. The third-order valence-electron chi connectivity index (χ3n) is 2.05. The monoisotopic (exact) mass is 253 g/mol. The zero-order valence-corrected chi connectivity index (χ0v) is 10.1. The molecule has 0 unspecified atom stereocenters. The van der Waals surface area contributed by atoms with Gasteiger partial charge in [0, 0.05) is 6.04 Å². The van der Waals surface area contributed by atoms with E-state index in [-0.39, 0.29) is 24.1 Å². The molecule has 18 heavy (non-hydrogen) atoms. The Morgan fingerprint density at radius 1 is 1.39 bits per heavy atom. The molecule has 1 aromatic rings. The number of benzene rings is 1. The molecule has 0 heterocycles. The second-order valence-corrected chi connectivity index (χ2v) is 4.00. The summed E-state index contributed by atoms with van der Waals surface area (Å²) in [5, 5.41) is 13.5. The van der Waals surface area contributed by atoms with Crippen LogP contribution in [0.15, 0.2) is 12.1 Å². The SMILES string of the molecule is CC(C)NC(=O)CNc1c(F)cc(C#N)cc1F. The molecule has 0 saturated carbocycles. The fourth-order valence-corrected chi connectivity index (χ4v) is 1.35. The predicted molar refractivity (Wildman–Crippen MR) is 62.8 cm³/mol. The standard InChI is InChI=1S/C12H13F2N3O/c1-7(2)17-11(18)6-16-12-9(13)3-8(5-15)4-10(12)14/h3-4,7,16H,6H2,1-2H3,(H,17,18). The lowest BCUT2D eigenvalue weighted by Gasteiger charge is -2.11. The van der Waals surface area contributed by atoms with E-state index in [1.807, 2.05) is 0 Å². The number of halogens is 2. The number of nitrogens with one attached hydrogen (secondary N) is 2. The molecule has 96 valence electrons. The molecule has 2 N–H and O–H groups in total. The van der Waals surface area contributed by atoms with Gasteiger partial charge in [0.2, 0.25) is 5.91 Å². The highest BCUT2D eigenvalue weighted by molar-refractivity contribution is 5.81. The van der Waals surface area contributed by atoms with Crippen LogP contribution in [-0.4, -0.2) is 18.5 Å². The van der Waals surface area contributed by atoms with Gasteiger partial charge in [-0.3, -0.25) is 4.79 Å². The maximum absolute atomic E-state index is 13.4. The number of hydrogen-bond acceptors (Lipinski definition) is 3. The van der Waals surface area contributed by atoms with Crippen molar-refractivity contribution in [3.63, 3.8) is 0 Å². The van der Waals surface area contributed by atoms with E-state index in [4.69, 9.17) is 5.26 Å². The number of nitrogens with zero attached hydrogens (tertiary/aromatic N) is 1. The van der Waals surface area contributed by atoms with Crippen LogP contribution >= 0.6 is 0 Å². The Bertz CT molecular complexity index is 472. The van der Waals surface area contributed by atoms with E-state index < -0.39 is 17.3 Å². The Labute approximate surface area is 104 Å². The normalized spacial score (nSPS) is 10.0. The van der Waals surface area contributed by atoms with Gasteiger partial charge in [-0.1, -0.05) is 0 Å². The number of nitriles is 1. The summed E-state index contributed by atoms with van der Waals surface area (Å²) in [5.74, 6) is -2.17. The quantitative estimate of drug-likeness (QED) is 0.859. The van der Waals surface area contributed by atoms with Gasteiger partial charge in [0.1, 0.15) is 5.69 Å². The van der Waals surface area contributed by atoms with Crippen LogP contribution in [0.2, 0.25) is 0 Å². The van der Waals surface area contributed by atoms with E-state index in [1.54, 1.807) is 19.9 Å². The highest BCUT2D eigenvalue weighted by Gasteiger charge is 2.12. The van der Waals surface area contributed by atoms with Gasteiger partial charge in [-0.15, -0.1) is 0 Å². The Balaban J connectivity index is 2.74. The second-order valence-electron chi connectivity index (χ2n) is 4.00. The van der Waals surface area contributed by atoms with Crippen molar-refractivity contribution in [1.82, 2.24) is 5.32 Å². The average Bonchev–Trinajstić information content (AvgIpc) is 2.26. The molecule has 0 aliphatic carbocycles. The molecule has 0 atom stereocenters. The number of carbonyl (C=O) groups is 1. The Morgan fingerprint density at radius 3 is 2.39 bits per heavy atom. The van der Waals surface area contributed by atoms with Crippen LogP contribution in [0.1, 0.15) is 19.4 Å². The van der Waals surface area contributed by atoms with Crippen LogP contribution in [0.3, 0.4) is 0 Å². The van der Waals surface area contributed by atoms with E-state index in [0.29, 0.717) is 0 Å². The van der Waals surface area contributed by atoms with E-state index in [1.165, 1.54) is 0 Å². The van der Waals surface area contributed by atoms with Gasteiger partial charge in [-0.05, 0) is 26.0 Å². The van der Waals surface area contributed by atoms with E-state index in [2.05, 4.69) is 10.6 Å². The predicted octanol–water partition coefficient (Wildman–Crippen LogP) is 1.77. The molecule has 0 saturated heterocycles. The van der Waals surface area contributed by atoms with Gasteiger partial charge in [0.15, 0.2) is 11.6 Å². The van der Waals surface area contributed by atoms with E-state index >= 15 is 0 Å². The first-order chi connectivity index (χ1) is 8.43. The molecule has 0 aromatic heterocycles. The highest BCUT2D eigenvalue weighted by atomic mass is 19.1. The Kier molecular flexibility index (Phi) is 4.60. The molecule has 4 nitrogen and oxygen atoms in total. The van der Waals surface area contributed by atoms with E-state index in [9.17, 15) is 13.6 Å². The van der Waals surface area contributed by atoms with Crippen LogP contribution < -0.4 is 10.6 Å². The number of anilines is 1. The number of rotatable bonds is 4. The molecule has 0 spiro atoms. The minimum Gasteiger partial charge on any atom is -0.371 e. The third-order valence-corrected chi connectivity index (χ3v) is 2.05. The van der Waals surface area contributed by atoms with Crippen LogP contribution in [0.4, 0.5) is 14.5 Å². The lowest BCUT2D eigenvalue weighted by molar-refractivity contribution is -0.119. The smallest absolute Gasteiger partial charge is 0.239 e. The zero-order chi connectivity index (χ0) is 13.7. The molecular weight excluding hydrogens is 240 g/mol. The van der Waals surface area contributed by atoms with Gasteiger partial charge in [0.05, 0.1) is 18.2 Å². The van der Waals surface area contributed by atoms with Crippen molar-refractivity contribution in [2.24, 2.45) is 0 Å². The van der Waals surface area contributed by atoms with Gasteiger partial charge in [0.25, 0.3) is 0 Å². The number of hydrogen-bond donors (Lipinski definition) is 2. The summed E-state index contributed by atoms with van der Waals surface area (Å²) in [6.07, 6.45) is 0. The van der Waals surface area contributed by atoms with Crippen molar-refractivity contribution in [1.29, 1.82) is 5.26 Å². The van der Waals surface area contributed by atoms with Crippen LogP contribution in [0, 0.1) is 23.0 Å². The topological polar surface area (TPSA) is 64.9 Å². The fourth-order valence-electron chi connectivity index (χ4n) is 1.35. The summed E-state index contributed by atoms with van der Waals surface area (Å²) in [6, 6.07) is 3.41. The molecule has 0 radical (unpaired) electrons. The summed E-state index contributed by atoms with van der Waals surface area (Å²) < 4.78 is 26.9. The molecule has 0 fully saturated rings. The summed E-state index contributed by atoms with van der Waals surface area (Å²) >= 11 is 0. The first-order valence-electron chi connectivity index (χ1n) is 5.36. The molecular formula is C12H13F2N3O. The Hall–Kier alpha value is -2.16. The van der Waals surface area contributed by atoms with Crippen molar-refractivity contribution >= 4 is 11.6 Å². The van der Waals surface area contributed by atoms with Crippen LogP contribution in [-0.2, 0) is 4.79 Å². The molecule has 0 aliphatic heterocycles. The first kappa shape index (κ1) is 13.9. The van der Waals surface area contributed by atoms with Gasteiger partial charge in [-0.2, -0.15) is 5.26 Å². The third kappa shape index (κ3) is 3.70. The largest absolute Gasteiger partial charge is 0.371 e. The van der Waals surface area contributed by atoms with Crippen molar-refractivity contribution in [2.75, 3.05) is 11.9 Å². The number of carbonyl (C=O) groups excluding carboxylic acids is 1. The lowest BCUT2D eigenvalue weighted by atomic mass is 10.2. The molecule has 0 aliphatic rings. The van der Waals surface area contributed by atoms with Crippen molar-refractivity contribution < 1.29 is 13.6 Å². The van der Waals surface area contributed by atoms with Crippen molar-refractivity contribution in [3.8, 4) is 6.07 Å². The molecule has 1 amide bonds. The Morgan fingerprint density at radius 2 is 1.94 bits per heavy atom. The summed E-state index contributed by atoms with van der Waals surface area (Å²) in [4.78, 5) is 11.3. The zero-order valence-electron chi connectivity index (χ0n) is 10.1. The fraction of sp³-hybridized carbons (Fsp3) is 0.333. The summed E-state index contributed by atoms with van der Waals surface area (Å²) in [5.41, 5.74) is -0.518. The van der Waals surface area contributed by atoms with Crippen molar-refractivity contribution in [2.45, 2.75) is 19.9 Å². The van der Waals surface area contributed by atoms with Gasteiger partial charge < -0.3 is 10.6 Å². The van der Waals surface area contributed by atoms with Crippen LogP contribution in [0.25, 0.3) is 0 Å². The lowest BCUT2D eigenvalue weighted by Crippen LogP contribution is -2.35.